The first kappa shape index (κ1) is 10.9. The molecule has 0 saturated heterocycles. The maximum Gasteiger partial charge on any atom is 0.108 e. The van der Waals surface area contributed by atoms with Crippen LogP contribution in [0.25, 0.3) is 0 Å². The molecule has 1 aromatic heterocycles. The van der Waals surface area contributed by atoms with Crippen molar-refractivity contribution in [1.82, 2.24) is 9.55 Å². The van der Waals surface area contributed by atoms with Crippen LogP contribution in [0.15, 0.2) is 42.7 Å². The molecule has 3 nitrogen and oxygen atoms in total. The van der Waals surface area contributed by atoms with Gasteiger partial charge >= 0.3 is 0 Å². The molecule has 2 N–H and O–H groups in total. The molecule has 2 rings (SSSR count). The quantitative estimate of drug-likeness (QED) is 0.826. The Morgan fingerprint density at radius 2 is 2.00 bits per heavy atom. The smallest absolute Gasteiger partial charge is 0.108 e. The Morgan fingerprint density at radius 3 is 2.75 bits per heavy atom. The number of aryl methyl sites for hydroxylation is 1. The Hall–Kier alpha value is -1.61. The summed E-state index contributed by atoms with van der Waals surface area (Å²) in [5.74, 6) is 1.12. The Bertz CT molecular complexity index is 420. The molecule has 2 aromatic rings. The highest BCUT2D eigenvalue weighted by molar-refractivity contribution is 5.15. The van der Waals surface area contributed by atoms with Crippen molar-refractivity contribution < 1.29 is 0 Å². The SMILES string of the molecule is NCCCc1nccn1Cc1ccccc1. The fraction of sp³-hybridized carbons (Fsp3) is 0.308. The van der Waals surface area contributed by atoms with Crippen molar-refractivity contribution in [1.29, 1.82) is 0 Å². The van der Waals surface area contributed by atoms with Gasteiger partial charge in [-0.3, -0.25) is 0 Å². The molecule has 0 atom stereocenters. The molecule has 16 heavy (non-hydrogen) atoms. The third kappa shape index (κ3) is 2.70. The molecule has 0 amide bonds. The summed E-state index contributed by atoms with van der Waals surface area (Å²) >= 11 is 0. The third-order valence-electron chi connectivity index (χ3n) is 2.60. The number of nitrogens with two attached hydrogens (primary N) is 1. The van der Waals surface area contributed by atoms with Gasteiger partial charge in [-0.15, -0.1) is 0 Å². The molecule has 0 saturated carbocycles. The van der Waals surface area contributed by atoms with E-state index in [1.54, 1.807) is 0 Å². The predicted octanol–water partition coefficient (Wildman–Crippen LogP) is 1.82. The topological polar surface area (TPSA) is 43.8 Å². The molecule has 0 spiro atoms. The largest absolute Gasteiger partial charge is 0.331 e. The second-order valence-electron chi connectivity index (χ2n) is 3.85. The van der Waals surface area contributed by atoms with Crippen molar-refractivity contribution in [3.05, 3.63) is 54.1 Å². The minimum atomic E-state index is 0.720. The zero-order chi connectivity index (χ0) is 11.2. The molecule has 0 aliphatic carbocycles. The highest BCUT2D eigenvalue weighted by Gasteiger charge is 2.02. The molecule has 0 bridgehead atoms. The summed E-state index contributed by atoms with van der Waals surface area (Å²) in [5, 5.41) is 0. The van der Waals surface area contributed by atoms with Crippen LogP contribution in [-0.2, 0) is 13.0 Å². The van der Waals surface area contributed by atoms with E-state index in [1.807, 2.05) is 18.5 Å². The van der Waals surface area contributed by atoms with E-state index >= 15 is 0 Å². The average Bonchev–Trinajstić information content (AvgIpc) is 2.75. The molecular formula is C13H17N3. The molecule has 3 heteroatoms. The normalized spacial score (nSPS) is 10.6. The second-order valence-corrected chi connectivity index (χ2v) is 3.85. The number of rotatable bonds is 5. The van der Waals surface area contributed by atoms with E-state index in [4.69, 9.17) is 5.73 Å². The van der Waals surface area contributed by atoms with Crippen LogP contribution in [0.3, 0.4) is 0 Å². The number of benzene rings is 1. The van der Waals surface area contributed by atoms with Crippen LogP contribution >= 0.6 is 0 Å². The van der Waals surface area contributed by atoms with Gasteiger partial charge in [-0.05, 0) is 18.5 Å². The molecule has 0 fully saturated rings. The van der Waals surface area contributed by atoms with E-state index < -0.39 is 0 Å². The van der Waals surface area contributed by atoms with Crippen LogP contribution in [0.2, 0.25) is 0 Å². The van der Waals surface area contributed by atoms with Gasteiger partial charge in [-0.25, -0.2) is 4.98 Å². The van der Waals surface area contributed by atoms with Crippen LogP contribution in [-0.4, -0.2) is 16.1 Å². The highest BCUT2D eigenvalue weighted by atomic mass is 15.1. The van der Waals surface area contributed by atoms with E-state index in [0.29, 0.717) is 0 Å². The van der Waals surface area contributed by atoms with Gasteiger partial charge in [0, 0.05) is 25.4 Å². The minimum absolute atomic E-state index is 0.720. The summed E-state index contributed by atoms with van der Waals surface area (Å²) in [4.78, 5) is 4.36. The number of imidazole rings is 1. The lowest BCUT2D eigenvalue weighted by Crippen LogP contribution is -2.07. The van der Waals surface area contributed by atoms with Gasteiger partial charge < -0.3 is 10.3 Å². The summed E-state index contributed by atoms with van der Waals surface area (Å²) in [6.07, 6.45) is 5.83. The number of aromatic nitrogens is 2. The first-order valence-corrected chi connectivity index (χ1v) is 5.64. The fourth-order valence-electron chi connectivity index (χ4n) is 1.75. The Kier molecular flexibility index (Phi) is 3.72. The molecule has 84 valence electrons. The molecule has 0 unspecified atom stereocenters. The summed E-state index contributed by atoms with van der Waals surface area (Å²) in [7, 11) is 0. The lowest BCUT2D eigenvalue weighted by Gasteiger charge is -2.07. The highest BCUT2D eigenvalue weighted by Crippen LogP contribution is 2.06. The van der Waals surface area contributed by atoms with Crippen LogP contribution in [0.4, 0.5) is 0 Å². The number of hydrogen-bond donors (Lipinski definition) is 1. The molecule has 0 aliphatic rings. The summed E-state index contributed by atoms with van der Waals surface area (Å²) in [6.45, 7) is 1.61. The van der Waals surface area contributed by atoms with Crippen molar-refractivity contribution in [3.63, 3.8) is 0 Å². The summed E-state index contributed by atoms with van der Waals surface area (Å²) in [5.41, 5.74) is 6.81. The third-order valence-corrected chi connectivity index (χ3v) is 2.60. The summed E-state index contributed by atoms with van der Waals surface area (Å²) < 4.78 is 2.19. The Balaban J connectivity index is 2.07. The van der Waals surface area contributed by atoms with Crippen LogP contribution < -0.4 is 5.73 Å². The first-order valence-electron chi connectivity index (χ1n) is 5.64. The van der Waals surface area contributed by atoms with Gasteiger partial charge in [-0.1, -0.05) is 30.3 Å². The predicted molar refractivity (Wildman–Crippen MR) is 65.1 cm³/mol. The van der Waals surface area contributed by atoms with Gasteiger partial charge in [0.2, 0.25) is 0 Å². The number of nitrogens with zero attached hydrogens (tertiary/aromatic N) is 2. The monoisotopic (exact) mass is 215 g/mol. The fourth-order valence-corrected chi connectivity index (χ4v) is 1.75. The van der Waals surface area contributed by atoms with E-state index in [0.717, 1.165) is 31.8 Å². The number of hydrogen-bond acceptors (Lipinski definition) is 2. The van der Waals surface area contributed by atoms with Crippen LogP contribution in [0.5, 0.6) is 0 Å². The molecule has 0 aliphatic heterocycles. The first-order chi connectivity index (χ1) is 7.90. The lowest BCUT2D eigenvalue weighted by atomic mass is 10.2. The Morgan fingerprint density at radius 1 is 1.19 bits per heavy atom. The van der Waals surface area contributed by atoms with Gasteiger partial charge in [-0.2, -0.15) is 0 Å². The van der Waals surface area contributed by atoms with E-state index in [2.05, 4.69) is 33.8 Å². The Labute approximate surface area is 95.9 Å². The zero-order valence-corrected chi connectivity index (χ0v) is 9.34. The maximum absolute atomic E-state index is 5.51. The second kappa shape index (κ2) is 5.47. The zero-order valence-electron chi connectivity index (χ0n) is 9.34. The lowest BCUT2D eigenvalue weighted by molar-refractivity contribution is 0.690. The maximum atomic E-state index is 5.51. The van der Waals surface area contributed by atoms with Gasteiger partial charge in [0.15, 0.2) is 0 Å². The molecule has 1 aromatic carbocycles. The summed E-state index contributed by atoms with van der Waals surface area (Å²) in [6, 6.07) is 10.4. The van der Waals surface area contributed by atoms with Gasteiger partial charge in [0.25, 0.3) is 0 Å². The molecule has 0 radical (unpaired) electrons. The van der Waals surface area contributed by atoms with E-state index in [1.165, 1.54) is 5.56 Å². The van der Waals surface area contributed by atoms with Crippen molar-refractivity contribution in [3.8, 4) is 0 Å². The van der Waals surface area contributed by atoms with Gasteiger partial charge in [0.05, 0.1) is 0 Å². The minimum Gasteiger partial charge on any atom is -0.331 e. The molecular weight excluding hydrogens is 198 g/mol. The van der Waals surface area contributed by atoms with Crippen LogP contribution in [0.1, 0.15) is 17.8 Å². The van der Waals surface area contributed by atoms with E-state index in [-0.39, 0.29) is 0 Å². The van der Waals surface area contributed by atoms with E-state index in [9.17, 15) is 0 Å². The average molecular weight is 215 g/mol. The van der Waals surface area contributed by atoms with Crippen molar-refractivity contribution >= 4 is 0 Å². The van der Waals surface area contributed by atoms with Crippen LogP contribution in [0, 0.1) is 0 Å². The van der Waals surface area contributed by atoms with Crippen molar-refractivity contribution in [2.75, 3.05) is 6.54 Å². The molecule has 1 heterocycles. The van der Waals surface area contributed by atoms with Crippen molar-refractivity contribution in [2.24, 2.45) is 5.73 Å². The standard InChI is InChI=1S/C13H17N3/c14-8-4-7-13-15-9-10-16(13)11-12-5-2-1-3-6-12/h1-3,5-6,9-10H,4,7-8,11,14H2. The van der Waals surface area contributed by atoms with Gasteiger partial charge in [0.1, 0.15) is 5.82 Å². The van der Waals surface area contributed by atoms with Crippen molar-refractivity contribution in [2.45, 2.75) is 19.4 Å².